The number of nitrogens with zero attached hydrogens (tertiary/aromatic N) is 2. The summed E-state index contributed by atoms with van der Waals surface area (Å²) in [5.41, 5.74) is 0. The smallest absolute Gasteiger partial charge is 0.0932 e. The van der Waals surface area contributed by atoms with Crippen molar-refractivity contribution in [2.75, 3.05) is 59.1 Å². The van der Waals surface area contributed by atoms with Crippen LogP contribution < -0.4 is 0 Å². The van der Waals surface area contributed by atoms with Crippen LogP contribution in [-0.2, 0) is 9.47 Å². The first-order valence-corrected chi connectivity index (χ1v) is 7.46. The van der Waals surface area contributed by atoms with E-state index in [1.165, 1.54) is 0 Å². The average Bonchev–Trinajstić information content (AvgIpc) is 2.38. The SMILES string of the molecule is CC(C)CN1CCOC(CN2CCOC(CO)C2)C1. The molecule has 1 N–H and O–H groups in total. The quantitative estimate of drug-likeness (QED) is 0.765. The molecule has 0 bridgehead atoms. The van der Waals surface area contributed by atoms with Crippen LogP contribution >= 0.6 is 0 Å². The predicted molar refractivity (Wildman–Crippen MR) is 74.3 cm³/mol. The minimum absolute atomic E-state index is 0.0240. The lowest BCUT2D eigenvalue weighted by Gasteiger charge is -2.38. The molecule has 2 aliphatic heterocycles. The first-order valence-electron chi connectivity index (χ1n) is 7.46. The van der Waals surface area contributed by atoms with Gasteiger partial charge in [0.25, 0.3) is 0 Å². The standard InChI is InChI=1S/C14H28N2O3/c1-12(2)7-15-3-5-18-13(8-15)9-16-4-6-19-14(10-16)11-17/h12-14,17H,3-11H2,1-2H3. The van der Waals surface area contributed by atoms with Crippen molar-refractivity contribution in [3.63, 3.8) is 0 Å². The summed E-state index contributed by atoms with van der Waals surface area (Å²) < 4.78 is 11.4. The van der Waals surface area contributed by atoms with Crippen LogP contribution in [0.3, 0.4) is 0 Å². The zero-order valence-corrected chi connectivity index (χ0v) is 12.3. The van der Waals surface area contributed by atoms with Gasteiger partial charge in [-0.25, -0.2) is 0 Å². The molecule has 2 fully saturated rings. The minimum atomic E-state index is -0.0240. The summed E-state index contributed by atoms with van der Waals surface area (Å²) >= 11 is 0. The Balaban J connectivity index is 1.75. The van der Waals surface area contributed by atoms with Crippen LogP contribution in [0.15, 0.2) is 0 Å². The molecular formula is C14H28N2O3. The van der Waals surface area contributed by atoms with Crippen molar-refractivity contribution in [1.29, 1.82) is 0 Å². The maximum absolute atomic E-state index is 9.16. The number of ether oxygens (including phenoxy) is 2. The van der Waals surface area contributed by atoms with Crippen molar-refractivity contribution in [1.82, 2.24) is 9.80 Å². The monoisotopic (exact) mass is 272 g/mol. The summed E-state index contributed by atoms with van der Waals surface area (Å²) in [6, 6.07) is 0. The van der Waals surface area contributed by atoms with Crippen LogP contribution in [0, 0.1) is 5.92 Å². The summed E-state index contributed by atoms with van der Waals surface area (Å²) in [6.45, 7) is 12.1. The Labute approximate surface area is 116 Å². The maximum Gasteiger partial charge on any atom is 0.0932 e. The highest BCUT2D eigenvalue weighted by atomic mass is 16.5. The molecule has 2 aliphatic rings. The van der Waals surface area contributed by atoms with E-state index in [2.05, 4.69) is 23.6 Å². The van der Waals surface area contributed by atoms with Gasteiger partial charge in [0.2, 0.25) is 0 Å². The maximum atomic E-state index is 9.16. The lowest BCUT2D eigenvalue weighted by Crippen LogP contribution is -2.52. The molecule has 5 nitrogen and oxygen atoms in total. The molecule has 2 rings (SSSR count). The first-order chi connectivity index (χ1) is 9.17. The van der Waals surface area contributed by atoms with Crippen LogP contribution in [0.25, 0.3) is 0 Å². The Morgan fingerprint density at radius 2 is 1.68 bits per heavy atom. The Kier molecular flexibility index (Phi) is 6.04. The zero-order chi connectivity index (χ0) is 13.7. The van der Waals surface area contributed by atoms with Gasteiger partial charge in [0.15, 0.2) is 0 Å². The van der Waals surface area contributed by atoms with E-state index in [1.807, 2.05) is 0 Å². The Bertz CT molecular complexity index is 263. The minimum Gasteiger partial charge on any atom is -0.394 e. The van der Waals surface area contributed by atoms with Crippen LogP contribution in [0.1, 0.15) is 13.8 Å². The average molecular weight is 272 g/mol. The van der Waals surface area contributed by atoms with Crippen molar-refractivity contribution in [3.8, 4) is 0 Å². The molecule has 0 aromatic rings. The number of hydrogen-bond acceptors (Lipinski definition) is 5. The fourth-order valence-corrected chi connectivity index (χ4v) is 2.92. The lowest BCUT2D eigenvalue weighted by atomic mass is 10.1. The Morgan fingerprint density at radius 3 is 2.37 bits per heavy atom. The van der Waals surface area contributed by atoms with Gasteiger partial charge in [-0.1, -0.05) is 13.8 Å². The molecule has 19 heavy (non-hydrogen) atoms. The number of hydrogen-bond donors (Lipinski definition) is 1. The van der Waals surface area contributed by atoms with Gasteiger partial charge in [0.05, 0.1) is 32.0 Å². The normalized spacial score (nSPS) is 30.9. The van der Waals surface area contributed by atoms with Gasteiger partial charge in [-0.15, -0.1) is 0 Å². The molecule has 0 aromatic carbocycles. The van der Waals surface area contributed by atoms with E-state index < -0.39 is 0 Å². The Hall–Kier alpha value is -0.200. The molecule has 112 valence electrons. The second kappa shape index (κ2) is 7.55. The fourth-order valence-electron chi connectivity index (χ4n) is 2.92. The van der Waals surface area contributed by atoms with Crippen molar-refractivity contribution in [2.24, 2.45) is 5.92 Å². The number of morpholine rings is 2. The van der Waals surface area contributed by atoms with E-state index in [0.29, 0.717) is 18.6 Å². The fraction of sp³-hybridized carbons (Fsp3) is 1.00. The van der Waals surface area contributed by atoms with Gasteiger partial charge in [-0.2, -0.15) is 0 Å². The van der Waals surface area contributed by atoms with Gasteiger partial charge >= 0.3 is 0 Å². The molecule has 0 spiro atoms. The molecule has 2 heterocycles. The van der Waals surface area contributed by atoms with Crippen molar-refractivity contribution in [3.05, 3.63) is 0 Å². The summed E-state index contributed by atoms with van der Waals surface area (Å²) in [7, 11) is 0. The van der Waals surface area contributed by atoms with Crippen LogP contribution in [-0.4, -0.2) is 86.2 Å². The van der Waals surface area contributed by atoms with Crippen LogP contribution in [0.5, 0.6) is 0 Å². The molecular weight excluding hydrogens is 244 g/mol. The molecule has 0 amide bonds. The largest absolute Gasteiger partial charge is 0.394 e. The summed E-state index contributed by atoms with van der Waals surface area (Å²) in [5, 5.41) is 9.16. The topological polar surface area (TPSA) is 45.2 Å². The van der Waals surface area contributed by atoms with E-state index in [0.717, 1.165) is 45.9 Å². The molecule has 0 aromatic heterocycles. The van der Waals surface area contributed by atoms with Crippen LogP contribution in [0.2, 0.25) is 0 Å². The van der Waals surface area contributed by atoms with Crippen molar-refractivity contribution >= 4 is 0 Å². The Morgan fingerprint density at radius 1 is 1.05 bits per heavy atom. The van der Waals surface area contributed by atoms with E-state index in [9.17, 15) is 0 Å². The molecule has 5 heteroatoms. The number of rotatable bonds is 5. The van der Waals surface area contributed by atoms with Gasteiger partial charge in [-0.05, 0) is 5.92 Å². The molecule has 2 saturated heterocycles. The zero-order valence-electron chi connectivity index (χ0n) is 12.3. The van der Waals surface area contributed by atoms with Gasteiger partial charge in [0, 0.05) is 39.3 Å². The summed E-state index contributed by atoms with van der Waals surface area (Å²) in [4.78, 5) is 4.86. The van der Waals surface area contributed by atoms with Gasteiger partial charge in [0.1, 0.15) is 0 Å². The van der Waals surface area contributed by atoms with Gasteiger partial charge in [-0.3, -0.25) is 9.80 Å². The molecule has 2 unspecified atom stereocenters. The third-order valence-corrected chi connectivity index (χ3v) is 3.73. The predicted octanol–water partition coefficient (Wildman–Crippen LogP) is 0.0363. The van der Waals surface area contributed by atoms with E-state index in [4.69, 9.17) is 14.6 Å². The van der Waals surface area contributed by atoms with E-state index in [1.54, 1.807) is 0 Å². The molecule has 2 atom stereocenters. The van der Waals surface area contributed by atoms with Gasteiger partial charge < -0.3 is 14.6 Å². The van der Waals surface area contributed by atoms with E-state index in [-0.39, 0.29) is 12.7 Å². The van der Waals surface area contributed by atoms with E-state index >= 15 is 0 Å². The molecule has 0 radical (unpaired) electrons. The second-order valence-corrected chi connectivity index (χ2v) is 6.08. The summed E-state index contributed by atoms with van der Waals surface area (Å²) in [6.07, 6.45) is 0.272. The second-order valence-electron chi connectivity index (χ2n) is 6.08. The summed E-state index contributed by atoms with van der Waals surface area (Å²) in [5.74, 6) is 0.709. The van der Waals surface area contributed by atoms with Crippen molar-refractivity contribution < 1.29 is 14.6 Å². The third-order valence-electron chi connectivity index (χ3n) is 3.73. The molecule has 0 aliphatic carbocycles. The highest BCUT2D eigenvalue weighted by Gasteiger charge is 2.26. The van der Waals surface area contributed by atoms with Crippen molar-refractivity contribution in [2.45, 2.75) is 26.1 Å². The lowest BCUT2D eigenvalue weighted by molar-refractivity contribution is -0.0853. The molecule has 0 saturated carbocycles. The number of aliphatic hydroxyl groups is 1. The third kappa shape index (κ3) is 5.00. The highest BCUT2D eigenvalue weighted by Crippen LogP contribution is 2.12. The highest BCUT2D eigenvalue weighted by molar-refractivity contribution is 4.78. The number of aliphatic hydroxyl groups excluding tert-OH is 1. The first kappa shape index (κ1) is 15.2. The van der Waals surface area contributed by atoms with Crippen LogP contribution in [0.4, 0.5) is 0 Å².